The first-order chi connectivity index (χ1) is 11.5. The molecule has 0 bridgehead atoms. The van der Waals surface area contributed by atoms with Crippen molar-refractivity contribution < 1.29 is 8.78 Å². The lowest BCUT2D eigenvalue weighted by Gasteiger charge is -2.17. The topological polar surface area (TPSA) is 41.3 Å². The number of nitrogens with one attached hydrogen (secondary N) is 1. The Morgan fingerprint density at radius 1 is 1.17 bits per heavy atom. The smallest absolute Gasteiger partial charge is 0.150 e. The molecule has 0 atom stereocenters. The molecular formula is C18H21F2N3S. The molecule has 24 heavy (non-hydrogen) atoms. The van der Waals surface area contributed by atoms with Gasteiger partial charge < -0.3 is 16.0 Å². The van der Waals surface area contributed by atoms with Crippen molar-refractivity contribution in [2.75, 3.05) is 25.5 Å². The van der Waals surface area contributed by atoms with Crippen LogP contribution in [0.15, 0.2) is 42.5 Å². The summed E-state index contributed by atoms with van der Waals surface area (Å²) in [6, 6.07) is 12.4. The van der Waals surface area contributed by atoms with Crippen LogP contribution in [0.4, 0.5) is 14.5 Å². The number of hydrogen-bond donors (Lipinski definition) is 2. The number of halogens is 2. The molecule has 0 heterocycles. The van der Waals surface area contributed by atoms with Crippen molar-refractivity contribution >= 4 is 22.9 Å². The van der Waals surface area contributed by atoms with E-state index in [1.807, 2.05) is 25.2 Å². The monoisotopic (exact) mass is 349 g/mol. The van der Waals surface area contributed by atoms with Crippen LogP contribution in [0.5, 0.6) is 0 Å². The largest absolute Gasteiger partial charge is 0.389 e. The third-order valence-corrected chi connectivity index (χ3v) is 3.88. The molecule has 0 saturated heterocycles. The number of nitrogens with two attached hydrogens (primary N) is 1. The van der Waals surface area contributed by atoms with Crippen LogP contribution in [0.2, 0.25) is 0 Å². The van der Waals surface area contributed by atoms with Crippen LogP contribution in [0, 0.1) is 11.6 Å². The maximum absolute atomic E-state index is 13.9. The SMILES string of the molecule is CN(CCCNc1c(F)cc(C(N)=S)cc1F)Cc1ccccc1. The van der Waals surface area contributed by atoms with E-state index in [1.165, 1.54) is 5.56 Å². The van der Waals surface area contributed by atoms with E-state index in [9.17, 15) is 8.78 Å². The molecule has 0 saturated carbocycles. The second kappa shape index (κ2) is 8.70. The van der Waals surface area contributed by atoms with Crippen molar-refractivity contribution in [3.63, 3.8) is 0 Å². The van der Waals surface area contributed by atoms with E-state index in [-0.39, 0.29) is 16.2 Å². The van der Waals surface area contributed by atoms with E-state index in [0.29, 0.717) is 6.54 Å². The van der Waals surface area contributed by atoms with Crippen molar-refractivity contribution in [2.24, 2.45) is 5.73 Å². The molecule has 0 spiro atoms. The summed E-state index contributed by atoms with van der Waals surface area (Å²) < 4.78 is 27.8. The number of rotatable bonds is 8. The van der Waals surface area contributed by atoms with Gasteiger partial charge in [0.25, 0.3) is 0 Å². The first-order valence-corrected chi connectivity index (χ1v) is 8.13. The van der Waals surface area contributed by atoms with Crippen LogP contribution >= 0.6 is 12.2 Å². The summed E-state index contributed by atoms with van der Waals surface area (Å²) in [5.41, 5.74) is 6.68. The summed E-state index contributed by atoms with van der Waals surface area (Å²) >= 11 is 4.73. The van der Waals surface area contributed by atoms with E-state index >= 15 is 0 Å². The van der Waals surface area contributed by atoms with Crippen molar-refractivity contribution in [2.45, 2.75) is 13.0 Å². The zero-order valence-electron chi connectivity index (χ0n) is 13.6. The molecule has 6 heteroatoms. The molecule has 0 radical (unpaired) electrons. The van der Waals surface area contributed by atoms with Gasteiger partial charge in [0, 0.05) is 18.7 Å². The minimum absolute atomic E-state index is 0.0260. The molecule has 128 valence electrons. The summed E-state index contributed by atoms with van der Waals surface area (Å²) in [7, 11) is 2.02. The average molecular weight is 349 g/mol. The van der Waals surface area contributed by atoms with Gasteiger partial charge in [-0.1, -0.05) is 42.5 Å². The van der Waals surface area contributed by atoms with Crippen LogP contribution < -0.4 is 11.1 Å². The van der Waals surface area contributed by atoms with E-state index in [0.717, 1.165) is 31.6 Å². The van der Waals surface area contributed by atoms with E-state index < -0.39 is 11.6 Å². The Bertz CT molecular complexity index is 669. The quantitative estimate of drug-likeness (QED) is 0.565. The highest BCUT2D eigenvalue weighted by molar-refractivity contribution is 7.80. The third kappa shape index (κ3) is 5.25. The Hall–Kier alpha value is -2.05. The molecule has 0 aliphatic rings. The lowest BCUT2D eigenvalue weighted by molar-refractivity contribution is 0.325. The fourth-order valence-electron chi connectivity index (χ4n) is 2.42. The van der Waals surface area contributed by atoms with Crippen LogP contribution in [-0.2, 0) is 6.54 Å². The van der Waals surface area contributed by atoms with E-state index in [2.05, 4.69) is 22.3 Å². The Labute approximate surface area is 146 Å². The Kier molecular flexibility index (Phi) is 6.63. The second-order valence-corrected chi connectivity index (χ2v) is 6.12. The van der Waals surface area contributed by atoms with Crippen LogP contribution in [-0.4, -0.2) is 30.0 Å². The van der Waals surface area contributed by atoms with Crippen LogP contribution in [0.1, 0.15) is 17.5 Å². The summed E-state index contributed by atoms with van der Waals surface area (Å²) in [5.74, 6) is -1.37. The predicted molar refractivity (Wildman–Crippen MR) is 98.1 cm³/mol. The lowest BCUT2D eigenvalue weighted by atomic mass is 10.2. The van der Waals surface area contributed by atoms with Gasteiger partial charge in [-0.15, -0.1) is 0 Å². The van der Waals surface area contributed by atoms with Crippen LogP contribution in [0.3, 0.4) is 0 Å². The molecule has 0 unspecified atom stereocenters. The van der Waals surface area contributed by atoms with Crippen molar-refractivity contribution in [3.05, 3.63) is 65.2 Å². The van der Waals surface area contributed by atoms with Gasteiger partial charge in [-0.2, -0.15) is 0 Å². The Balaban J connectivity index is 1.81. The number of nitrogens with zero attached hydrogens (tertiary/aromatic N) is 1. The number of thiocarbonyl (C=S) groups is 1. The van der Waals surface area contributed by atoms with Gasteiger partial charge in [-0.25, -0.2) is 8.78 Å². The number of benzene rings is 2. The van der Waals surface area contributed by atoms with Gasteiger partial charge in [-0.05, 0) is 37.7 Å². The zero-order chi connectivity index (χ0) is 17.5. The molecule has 0 aliphatic heterocycles. The summed E-state index contributed by atoms with van der Waals surface area (Å²) in [5, 5.41) is 2.81. The van der Waals surface area contributed by atoms with E-state index in [1.54, 1.807) is 0 Å². The highest BCUT2D eigenvalue weighted by Gasteiger charge is 2.12. The molecular weight excluding hydrogens is 328 g/mol. The van der Waals surface area contributed by atoms with E-state index in [4.69, 9.17) is 18.0 Å². The minimum atomic E-state index is -0.685. The number of anilines is 1. The second-order valence-electron chi connectivity index (χ2n) is 5.68. The highest BCUT2D eigenvalue weighted by atomic mass is 32.1. The van der Waals surface area contributed by atoms with Crippen molar-refractivity contribution in [1.29, 1.82) is 0 Å². The fourth-order valence-corrected chi connectivity index (χ4v) is 2.54. The standard InChI is InChI=1S/C18H21F2N3S/c1-23(12-13-6-3-2-4-7-13)9-5-8-22-17-15(19)10-14(18(21)24)11-16(17)20/h2-4,6-7,10-11,22H,5,8-9,12H2,1H3,(H2,21,24). The maximum atomic E-state index is 13.9. The molecule has 0 fully saturated rings. The van der Waals surface area contributed by atoms with Gasteiger partial charge in [0.1, 0.15) is 22.3 Å². The molecule has 0 aromatic heterocycles. The fraction of sp³-hybridized carbons (Fsp3) is 0.278. The lowest BCUT2D eigenvalue weighted by Crippen LogP contribution is -2.21. The predicted octanol–water partition coefficient (Wildman–Crippen LogP) is 3.53. The Morgan fingerprint density at radius 3 is 2.38 bits per heavy atom. The zero-order valence-corrected chi connectivity index (χ0v) is 14.4. The summed E-state index contributed by atoms with van der Waals surface area (Å²) in [6.07, 6.45) is 0.763. The summed E-state index contributed by atoms with van der Waals surface area (Å²) in [6.45, 7) is 2.13. The van der Waals surface area contributed by atoms with Crippen molar-refractivity contribution in [3.8, 4) is 0 Å². The van der Waals surface area contributed by atoms with Crippen LogP contribution in [0.25, 0.3) is 0 Å². The highest BCUT2D eigenvalue weighted by Crippen LogP contribution is 2.20. The van der Waals surface area contributed by atoms with Gasteiger partial charge >= 0.3 is 0 Å². The Morgan fingerprint density at radius 2 is 1.79 bits per heavy atom. The molecule has 3 N–H and O–H groups in total. The minimum Gasteiger partial charge on any atom is -0.389 e. The molecule has 2 aromatic rings. The van der Waals surface area contributed by atoms with Gasteiger partial charge in [-0.3, -0.25) is 0 Å². The maximum Gasteiger partial charge on any atom is 0.150 e. The third-order valence-electron chi connectivity index (χ3n) is 3.64. The molecule has 0 aliphatic carbocycles. The number of hydrogen-bond acceptors (Lipinski definition) is 3. The van der Waals surface area contributed by atoms with Crippen molar-refractivity contribution in [1.82, 2.24) is 4.90 Å². The normalized spacial score (nSPS) is 10.8. The van der Waals surface area contributed by atoms with Gasteiger partial charge in [0.05, 0.1) is 0 Å². The molecule has 2 aromatic carbocycles. The molecule has 0 amide bonds. The summed E-state index contributed by atoms with van der Waals surface area (Å²) in [4.78, 5) is 2.14. The first-order valence-electron chi connectivity index (χ1n) is 7.72. The van der Waals surface area contributed by atoms with Gasteiger partial charge in [0.15, 0.2) is 0 Å². The molecule has 2 rings (SSSR count). The molecule has 3 nitrogen and oxygen atoms in total. The first kappa shape index (κ1) is 18.3. The average Bonchev–Trinajstić information content (AvgIpc) is 2.54. The van der Waals surface area contributed by atoms with Gasteiger partial charge in [0.2, 0.25) is 0 Å².